The molecule has 1 aliphatic rings. The van der Waals surface area contributed by atoms with Crippen molar-refractivity contribution >= 4 is 11.4 Å². The highest BCUT2D eigenvalue weighted by molar-refractivity contribution is 5.54. The maximum atomic E-state index is 9.66. The molecule has 4 nitrogen and oxygen atoms in total. The Morgan fingerprint density at radius 2 is 2.06 bits per heavy atom. The summed E-state index contributed by atoms with van der Waals surface area (Å²) in [6, 6.07) is 2.34. The second-order valence-electron chi connectivity index (χ2n) is 4.98. The number of hydrogen-bond acceptors (Lipinski definition) is 4. The second-order valence-corrected chi connectivity index (χ2v) is 4.98. The molecule has 0 aromatic carbocycles. The van der Waals surface area contributed by atoms with Crippen LogP contribution in [0.3, 0.4) is 0 Å². The van der Waals surface area contributed by atoms with Crippen LogP contribution in [0.4, 0.5) is 11.4 Å². The zero-order valence-corrected chi connectivity index (χ0v) is 9.99. The maximum absolute atomic E-state index is 9.66. The molecule has 0 saturated heterocycles. The highest BCUT2D eigenvalue weighted by atomic mass is 16.3. The summed E-state index contributed by atoms with van der Waals surface area (Å²) >= 11 is 0. The molecule has 2 rings (SSSR count). The van der Waals surface area contributed by atoms with Crippen molar-refractivity contribution in [1.82, 2.24) is 4.98 Å². The summed E-state index contributed by atoms with van der Waals surface area (Å²) in [4.78, 5) is 4.15. The molecule has 2 unspecified atom stereocenters. The lowest BCUT2D eigenvalue weighted by atomic mass is 9.64. The van der Waals surface area contributed by atoms with E-state index in [-0.39, 0.29) is 11.5 Å². The first-order chi connectivity index (χ1) is 7.54. The van der Waals surface area contributed by atoms with E-state index in [9.17, 15) is 5.11 Å². The van der Waals surface area contributed by atoms with Crippen molar-refractivity contribution in [2.45, 2.75) is 32.4 Å². The number of anilines is 2. The summed E-state index contributed by atoms with van der Waals surface area (Å²) in [6.07, 6.45) is 4.19. The third kappa shape index (κ3) is 1.85. The number of aromatic nitrogens is 1. The fraction of sp³-hybridized carbons (Fsp3) is 0.583. The van der Waals surface area contributed by atoms with E-state index in [1.807, 2.05) is 19.3 Å². The largest absolute Gasteiger partial charge is 0.392 e. The average Bonchev–Trinajstić information content (AvgIpc) is 2.29. The monoisotopic (exact) mass is 221 g/mol. The van der Waals surface area contributed by atoms with Gasteiger partial charge in [-0.25, -0.2) is 0 Å². The summed E-state index contributed by atoms with van der Waals surface area (Å²) in [5.74, 6) is 0. The van der Waals surface area contributed by atoms with Crippen molar-refractivity contribution < 1.29 is 5.11 Å². The van der Waals surface area contributed by atoms with Crippen molar-refractivity contribution in [3.63, 3.8) is 0 Å². The molecule has 1 aliphatic carbocycles. The van der Waals surface area contributed by atoms with Crippen LogP contribution in [-0.2, 0) is 0 Å². The molecule has 3 N–H and O–H groups in total. The standard InChI is InChI=1S/C12H19N3O/c1-12(2)10(5-11(12)16)15-9-4-8(13-3)6-14-7-9/h4,6-7,10-11,13,15-16H,5H2,1-3H3. The third-order valence-electron chi connectivity index (χ3n) is 3.58. The second kappa shape index (κ2) is 3.94. The zero-order chi connectivity index (χ0) is 11.8. The summed E-state index contributed by atoms with van der Waals surface area (Å²) in [7, 11) is 1.87. The minimum Gasteiger partial charge on any atom is -0.392 e. The van der Waals surface area contributed by atoms with Crippen LogP contribution in [0, 0.1) is 5.41 Å². The topological polar surface area (TPSA) is 57.2 Å². The van der Waals surface area contributed by atoms with Crippen molar-refractivity contribution in [2.24, 2.45) is 5.41 Å². The lowest BCUT2D eigenvalue weighted by Gasteiger charge is -2.49. The summed E-state index contributed by atoms with van der Waals surface area (Å²) in [5, 5.41) is 16.1. The Morgan fingerprint density at radius 1 is 1.38 bits per heavy atom. The molecule has 16 heavy (non-hydrogen) atoms. The van der Waals surface area contributed by atoms with Gasteiger partial charge in [-0.05, 0) is 12.5 Å². The molecule has 1 saturated carbocycles. The molecule has 4 heteroatoms. The molecule has 0 amide bonds. The zero-order valence-electron chi connectivity index (χ0n) is 9.99. The van der Waals surface area contributed by atoms with Gasteiger partial charge in [0.25, 0.3) is 0 Å². The lowest BCUT2D eigenvalue weighted by molar-refractivity contribution is -0.0510. The number of aliphatic hydroxyl groups is 1. The van der Waals surface area contributed by atoms with Gasteiger partial charge >= 0.3 is 0 Å². The molecule has 1 heterocycles. The van der Waals surface area contributed by atoms with Crippen molar-refractivity contribution in [3.8, 4) is 0 Å². The lowest BCUT2D eigenvalue weighted by Crippen LogP contribution is -2.56. The molecule has 0 spiro atoms. The highest BCUT2D eigenvalue weighted by Gasteiger charge is 2.47. The number of hydrogen-bond donors (Lipinski definition) is 3. The van der Waals surface area contributed by atoms with Crippen LogP contribution in [0.2, 0.25) is 0 Å². The van der Waals surface area contributed by atoms with Gasteiger partial charge in [0, 0.05) is 18.5 Å². The van der Waals surface area contributed by atoms with Gasteiger partial charge in [-0.15, -0.1) is 0 Å². The smallest absolute Gasteiger partial charge is 0.0630 e. The van der Waals surface area contributed by atoms with Crippen LogP contribution < -0.4 is 10.6 Å². The van der Waals surface area contributed by atoms with E-state index in [2.05, 4.69) is 29.5 Å². The first kappa shape index (κ1) is 11.2. The molecule has 0 bridgehead atoms. The average molecular weight is 221 g/mol. The number of rotatable bonds is 3. The summed E-state index contributed by atoms with van der Waals surface area (Å²) < 4.78 is 0. The van der Waals surface area contributed by atoms with Crippen molar-refractivity contribution in [2.75, 3.05) is 17.7 Å². The highest BCUT2D eigenvalue weighted by Crippen LogP contribution is 2.42. The molecule has 88 valence electrons. The van der Waals surface area contributed by atoms with Crippen molar-refractivity contribution in [1.29, 1.82) is 0 Å². The minimum atomic E-state index is -0.203. The van der Waals surface area contributed by atoms with E-state index >= 15 is 0 Å². The third-order valence-corrected chi connectivity index (χ3v) is 3.58. The fourth-order valence-electron chi connectivity index (χ4n) is 2.00. The first-order valence-electron chi connectivity index (χ1n) is 5.61. The van der Waals surface area contributed by atoms with E-state index in [4.69, 9.17) is 0 Å². The Balaban J connectivity index is 2.05. The number of pyridine rings is 1. The Hall–Kier alpha value is -1.29. The number of nitrogens with zero attached hydrogens (tertiary/aromatic N) is 1. The van der Waals surface area contributed by atoms with Crippen LogP contribution in [0.5, 0.6) is 0 Å². The van der Waals surface area contributed by atoms with Gasteiger partial charge in [-0.2, -0.15) is 0 Å². The van der Waals surface area contributed by atoms with Gasteiger partial charge < -0.3 is 15.7 Å². The van der Waals surface area contributed by atoms with E-state index in [1.54, 1.807) is 6.20 Å². The van der Waals surface area contributed by atoms with Crippen molar-refractivity contribution in [3.05, 3.63) is 18.5 Å². The van der Waals surface area contributed by atoms with Crippen LogP contribution >= 0.6 is 0 Å². The van der Waals surface area contributed by atoms with Crippen LogP contribution in [0.15, 0.2) is 18.5 Å². The van der Waals surface area contributed by atoms with Crippen LogP contribution in [-0.4, -0.2) is 29.3 Å². The fourth-order valence-corrected chi connectivity index (χ4v) is 2.00. The Kier molecular flexibility index (Phi) is 2.76. The SMILES string of the molecule is CNc1cncc(NC2CC(O)C2(C)C)c1. The summed E-state index contributed by atoms with van der Waals surface area (Å²) in [5.41, 5.74) is 1.93. The van der Waals surface area contributed by atoms with E-state index in [0.29, 0.717) is 6.04 Å². The molecule has 1 aromatic rings. The quantitative estimate of drug-likeness (QED) is 0.727. The van der Waals surface area contributed by atoms with Gasteiger partial charge in [0.1, 0.15) is 0 Å². The van der Waals surface area contributed by atoms with Gasteiger partial charge in [0.2, 0.25) is 0 Å². The van der Waals surface area contributed by atoms with E-state index in [0.717, 1.165) is 17.8 Å². The molecule has 0 aliphatic heterocycles. The predicted molar refractivity (Wildman–Crippen MR) is 65.6 cm³/mol. The Morgan fingerprint density at radius 3 is 2.62 bits per heavy atom. The molecule has 1 aromatic heterocycles. The van der Waals surface area contributed by atoms with Gasteiger partial charge in [-0.1, -0.05) is 13.8 Å². The van der Waals surface area contributed by atoms with Gasteiger partial charge in [0.05, 0.1) is 29.9 Å². The van der Waals surface area contributed by atoms with E-state index < -0.39 is 0 Å². The normalized spacial score (nSPS) is 27.0. The van der Waals surface area contributed by atoms with Gasteiger partial charge in [-0.3, -0.25) is 4.98 Å². The maximum Gasteiger partial charge on any atom is 0.0630 e. The van der Waals surface area contributed by atoms with Crippen LogP contribution in [0.25, 0.3) is 0 Å². The molecule has 0 radical (unpaired) electrons. The summed E-state index contributed by atoms with van der Waals surface area (Å²) in [6.45, 7) is 4.16. The predicted octanol–water partition coefficient (Wildman–Crippen LogP) is 1.69. The Labute approximate surface area is 96.1 Å². The molecule has 1 fully saturated rings. The first-order valence-corrected chi connectivity index (χ1v) is 5.61. The van der Waals surface area contributed by atoms with Crippen LogP contribution in [0.1, 0.15) is 20.3 Å². The van der Waals surface area contributed by atoms with E-state index in [1.165, 1.54) is 0 Å². The van der Waals surface area contributed by atoms with Gasteiger partial charge in [0.15, 0.2) is 0 Å². The number of aliphatic hydroxyl groups excluding tert-OH is 1. The minimum absolute atomic E-state index is 0.0599. The Bertz CT molecular complexity index is 378. The molecule has 2 atom stereocenters. The molecular formula is C12H19N3O. The molecular weight excluding hydrogens is 202 g/mol. The number of nitrogens with one attached hydrogen (secondary N) is 2.